The highest BCUT2D eigenvalue weighted by Crippen LogP contribution is 2.53. The van der Waals surface area contributed by atoms with Crippen molar-refractivity contribution in [3.63, 3.8) is 0 Å². The van der Waals surface area contributed by atoms with E-state index in [2.05, 4.69) is 82.1 Å². The molecule has 17 N–H and O–H groups in total. The van der Waals surface area contributed by atoms with Gasteiger partial charge in [0.1, 0.15) is 40.5 Å². The summed E-state index contributed by atoms with van der Waals surface area (Å²) < 4.78 is 245. The standard InChI is InChI=1S/C19H23BrFN3O5S.C18H21BrFN3O4S.C18H20F2IN3O5S.C18H21FIN3O4S.C17H18F2IN3O4S/c1-11-17(22-15-4-3-12(20)7-14(15)21)16(9-24(2)18(11)27)23-30(28,29)19(5-6-19)8-13(26)10-25;1-11-16(21-14-4-3-12(19)9-13(14)20)15(10-23(2)17(11)25)22-28(26,27)18(5-6-18)7-8-24;1-24-8-14(23-30(28,29)18(4-5-18)7-11(26)9-25)16(15(20)17(24)27)22-13-3-2-10(21)6-12(13)19;1-11-16(21-14-4-3-12(20)9-13(14)19)15(10-23(2)17(11)25)22-28(26,27)18(5-6-18)7-8-24;1-23-9-13(22-28(26,27)17(4-5-17)6-7-24)15(14(19)16(23)25)21-12-3-2-10(20)8-11(12)18/h3-4,7,9,13,22-23,25-26H,5-6,8,10H2,1-2H3;3-4,9-10,21-22,24H,5-8H2,1-2H3;2-3,6,8,11,22-23,25-26H,4-5,7,9H2,1H3;3-4,9-10,21-22,24H,5-8H2,1-2H3;2-3,8-9,21-22,24H,4-7H2,1H3. The summed E-state index contributed by atoms with van der Waals surface area (Å²) in [6.07, 6.45) is 7.68. The van der Waals surface area contributed by atoms with Gasteiger partial charge in [-0.3, -0.25) is 47.6 Å². The lowest BCUT2D eigenvalue weighted by molar-refractivity contribution is 0.0858. The van der Waals surface area contributed by atoms with Crippen molar-refractivity contribution in [1.29, 1.82) is 0 Å². The Labute approximate surface area is 880 Å². The third kappa shape index (κ3) is 26.3. The Kier molecular flexibility index (Phi) is 36.8. The Morgan fingerprint density at radius 3 is 0.729 bits per heavy atom. The Balaban J connectivity index is 0.000000172. The van der Waals surface area contributed by atoms with Gasteiger partial charge < -0.3 is 85.2 Å². The van der Waals surface area contributed by atoms with Gasteiger partial charge in [-0.05, 0) is 276 Å². The maximum absolute atomic E-state index is 14.7. The molecule has 5 saturated carbocycles. The number of aromatic nitrogens is 5. The number of hydrogen-bond donors (Lipinski definition) is 17. The van der Waals surface area contributed by atoms with Gasteiger partial charge in [0, 0.05) is 122 Å². The molecule has 784 valence electrons. The second-order valence-electron chi connectivity index (χ2n) is 35.4. The highest BCUT2D eigenvalue weighted by atomic mass is 127. The average Bonchev–Trinajstić information content (AvgIpc) is 1.50. The van der Waals surface area contributed by atoms with Crippen LogP contribution in [0.3, 0.4) is 0 Å². The second kappa shape index (κ2) is 46.0. The lowest BCUT2D eigenvalue weighted by atomic mass is 10.2. The summed E-state index contributed by atoms with van der Waals surface area (Å²) in [7, 11) is -12.6. The van der Waals surface area contributed by atoms with Crippen molar-refractivity contribution in [3.05, 3.63) is 251 Å². The summed E-state index contributed by atoms with van der Waals surface area (Å²) in [6.45, 7) is 2.71. The number of pyridine rings is 5. The molecule has 0 saturated heterocycles. The van der Waals surface area contributed by atoms with Crippen molar-refractivity contribution in [3.8, 4) is 0 Å². The van der Waals surface area contributed by atoms with Crippen LogP contribution in [0.5, 0.6) is 0 Å². The first-order valence-electron chi connectivity index (χ1n) is 43.8. The molecule has 54 heteroatoms. The van der Waals surface area contributed by atoms with Crippen LogP contribution in [0.25, 0.3) is 0 Å². The quantitative estimate of drug-likeness (QED) is 0.0127. The van der Waals surface area contributed by atoms with Gasteiger partial charge in [-0.15, -0.1) is 0 Å². The average molecular weight is 2580 g/mol. The van der Waals surface area contributed by atoms with Crippen LogP contribution in [0.4, 0.5) is 116 Å². The highest BCUT2D eigenvalue weighted by molar-refractivity contribution is 14.1. The number of nitrogens with zero attached hydrogens (tertiary/aromatic N) is 5. The molecule has 144 heavy (non-hydrogen) atoms. The molecule has 37 nitrogen and oxygen atoms in total. The van der Waals surface area contributed by atoms with Gasteiger partial charge in [0.25, 0.3) is 27.8 Å². The molecule has 5 aromatic carbocycles. The number of rotatable bonds is 37. The van der Waals surface area contributed by atoms with Gasteiger partial charge in [0.05, 0.1) is 123 Å². The van der Waals surface area contributed by atoms with Crippen LogP contribution in [-0.2, 0) is 85.4 Å². The zero-order valence-electron chi connectivity index (χ0n) is 77.9. The number of hydrogen-bond acceptors (Lipinski definition) is 27. The second-order valence-corrected chi connectivity index (χ2v) is 51.3. The van der Waals surface area contributed by atoms with Gasteiger partial charge in [-0.2, -0.15) is 8.78 Å². The van der Waals surface area contributed by atoms with Gasteiger partial charge in [-0.1, -0.05) is 31.9 Å². The predicted molar refractivity (Wildman–Crippen MR) is 568 cm³/mol. The minimum Gasteiger partial charge on any atom is -0.396 e. The summed E-state index contributed by atoms with van der Waals surface area (Å²) in [5.41, 5.74) is -2.83. The molecule has 2 atom stereocenters. The smallest absolute Gasteiger partial charge is 0.288 e. The number of aliphatic hydroxyl groups is 7. The van der Waals surface area contributed by atoms with E-state index in [0.717, 1.165) is 21.5 Å². The first kappa shape index (κ1) is 115. The summed E-state index contributed by atoms with van der Waals surface area (Å²) in [4.78, 5) is 61.2. The molecule has 0 radical (unpaired) electrons. The molecule has 15 rings (SSSR count). The van der Waals surface area contributed by atoms with Crippen molar-refractivity contribution in [2.75, 3.05) is 83.2 Å². The van der Waals surface area contributed by atoms with Crippen LogP contribution in [0.1, 0.15) is 113 Å². The van der Waals surface area contributed by atoms with Crippen LogP contribution < -0.4 is 78.0 Å². The Morgan fingerprint density at radius 1 is 0.319 bits per heavy atom. The SMILES string of the molecule is Cc1c(Nc2ccc(Br)cc2F)c(NS(=O)(=O)C2(CC(O)CO)CC2)cn(C)c1=O.Cc1c(Nc2ccc(Br)cc2F)c(NS(=O)(=O)C2(CCO)CC2)cn(C)c1=O.Cc1c(Nc2ccc(I)cc2F)c(NS(=O)(=O)C2(CCO)CC2)cn(C)c1=O.Cn1cc(NS(=O)(=O)C2(CC(O)CO)CC2)c(Nc2ccc(I)cc2F)c(F)c1=O.Cn1cc(NS(=O)(=O)C2(CCO)CC2)c(Nc2ccc(I)cc2F)c(F)c1=O. The lowest BCUT2D eigenvalue weighted by Gasteiger charge is -2.23. The lowest BCUT2D eigenvalue weighted by Crippen LogP contribution is -2.35. The fourth-order valence-corrected chi connectivity index (χ4v) is 25.9. The van der Waals surface area contributed by atoms with E-state index in [1.807, 2.05) is 67.8 Å². The number of aliphatic hydroxyl groups excluding tert-OH is 7. The van der Waals surface area contributed by atoms with E-state index in [1.165, 1.54) is 135 Å². The zero-order valence-corrected chi connectivity index (χ0v) is 91.6. The van der Waals surface area contributed by atoms with E-state index in [9.17, 15) is 117 Å². The largest absolute Gasteiger partial charge is 0.396 e. The minimum atomic E-state index is -4.12. The number of anilines is 15. The van der Waals surface area contributed by atoms with E-state index in [0.29, 0.717) is 71.0 Å². The van der Waals surface area contributed by atoms with Crippen molar-refractivity contribution in [1.82, 2.24) is 22.8 Å². The fourth-order valence-electron chi connectivity index (χ4n) is 15.5. The molecule has 0 aliphatic heterocycles. The third-order valence-corrected chi connectivity index (χ3v) is 39.0. The molecule has 2 unspecified atom stereocenters. The van der Waals surface area contributed by atoms with Gasteiger partial charge >= 0.3 is 0 Å². The number of aryl methyl sites for hydroxylation is 5. The molecule has 5 heterocycles. The molecule has 5 fully saturated rings. The zero-order chi connectivity index (χ0) is 107. The van der Waals surface area contributed by atoms with Crippen molar-refractivity contribution >= 4 is 235 Å². The summed E-state index contributed by atoms with van der Waals surface area (Å²) in [5, 5.41) is 78.6. The first-order chi connectivity index (χ1) is 67.3. The summed E-state index contributed by atoms with van der Waals surface area (Å²) in [6, 6.07) is 21.5. The molecular weight excluding hydrogens is 2480 g/mol. The van der Waals surface area contributed by atoms with E-state index >= 15 is 0 Å². The molecule has 10 aromatic rings. The number of sulfonamides is 5. The van der Waals surface area contributed by atoms with Gasteiger partial charge in [0.15, 0.2) is 0 Å². The molecule has 5 aliphatic rings. The van der Waals surface area contributed by atoms with E-state index in [-0.39, 0.29) is 172 Å². The summed E-state index contributed by atoms with van der Waals surface area (Å²) in [5.74, 6) is -5.56. The van der Waals surface area contributed by atoms with Crippen molar-refractivity contribution < 1.29 is 109 Å². The molecule has 0 spiro atoms. The first-order valence-corrected chi connectivity index (χ1v) is 56.0. The molecular formula is C90H103Br2F7I3N15O22S5. The highest BCUT2D eigenvalue weighted by Gasteiger charge is 2.59. The Morgan fingerprint density at radius 2 is 0.521 bits per heavy atom. The maximum Gasteiger partial charge on any atom is 0.288 e. The van der Waals surface area contributed by atoms with E-state index in [4.69, 9.17) is 15.3 Å². The van der Waals surface area contributed by atoms with E-state index < -0.39 is 162 Å². The molecule has 5 aliphatic carbocycles. The minimum absolute atomic E-state index is 0.0467. The molecule has 5 aromatic heterocycles. The van der Waals surface area contributed by atoms with Crippen LogP contribution >= 0.6 is 99.6 Å². The number of benzene rings is 5. The predicted octanol–water partition coefficient (Wildman–Crippen LogP) is 12.9. The molecule has 0 bridgehead atoms. The maximum atomic E-state index is 14.7. The monoisotopic (exact) mass is 2580 g/mol. The van der Waals surface area contributed by atoms with Gasteiger partial charge in [-0.25, -0.2) is 64.0 Å². The summed E-state index contributed by atoms with van der Waals surface area (Å²) >= 11 is 12.1. The van der Waals surface area contributed by atoms with E-state index in [1.54, 1.807) is 44.2 Å². The normalized spacial score (nSPS) is 15.7. The molecule has 0 amide bonds. The Bertz CT molecular complexity index is 6970. The van der Waals surface area contributed by atoms with Crippen LogP contribution in [0.2, 0.25) is 0 Å². The topological polar surface area (TPSA) is 543 Å². The van der Waals surface area contributed by atoms with Crippen molar-refractivity contribution in [2.45, 2.75) is 153 Å². The van der Waals surface area contributed by atoms with Crippen LogP contribution in [0.15, 0.2) is 155 Å². The number of halogens is 12. The third-order valence-electron chi connectivity index (χ3n) is 24.9. The fraction of sp³-hybridized carbons (Fsp3) is 0.389. The van der Waals surface area contributed by atoms with Gasteiger partial charge in [0.2, 0.25) is 61.8 Å². The van der Waals surface area contributed by atoms with Crippen LogP contribution in [0, 0.1) is 72.2 Å². The number of nitrogens with one attached hydrogen (secondary N) is 10. The Hall–Kier alpha value is -9.02. The van der Waals surface area contributed by atoms with Crippen LogP contribution in [-0.4, -0.2) is 170 Å². The van der Waals surface area contributed by atoms with Crippen molar-refractivity contribution in [2.24, 2.45) is 35.2 Å².